The van der Waals surface area contributed by atoms with E-state index in [-0.39, 0.29) is 29.2 Å². The van der Waals surface area contributed by atoms with Gasteiger partial charge in [-0.25, -0.2) is 4.98 Å². The number of anilines is 1. The lowest BCUT2D eigenvalue weighted by atomic mass is 10.4. The van der Waals surface area contributed by atoms with E-state index in [4.69, 9.17) is 11.6 Å². The van der Waals surface area contributed by atoms with Crippen LogP contribution in [0.4, 0.5) is 11.5 Å². The lowest BCUT2D eigenvalue weighted by Gasteiger charge is -2.14. The van der Waals surface area contributed by atoms with Gasteiger partial charge >= 0.3 is 5.69 Å². The Balaban J connectivity index is 2.81. The quantitative estimate of drug-likeness (QED) is 0.486. The van der Waals surface area contributed by atoms with Crippen LogP contribution in [0.3, 0.4) is 0 Å². The van der Waals surface area contributed by atoms with Crippen molar-refractivity contribution in [1.29, 1.82) is 0 Å². The second kappa shape index (κ2) is 6.10. The van der Waals surface area contributed by atoms with Gasteiger partial charge in [-0.05, 0) is 18.5 Å². The zero-order valence-corrected chi connectivity index (χ0v) is 10.6. The average Bonchev–Trinajstić information content (AvgIpc) is 2.34. The molecule has 0 saturated carbocycles. The zero-order chi connectivity index (χ0) is 13.7. The molecule has 9 heteroatoms. The number of nitrogens with zero attached hydrogens (tertiary/aromatic N) is 4. The van der Waals surface area contributed by atoms with E-state index in [1.54, 1.807) is 7.05 Å². The molecule has 98 valence electrons. The minimum atomic E-state index is -0.646. The Bertz CT molecular complexity index is 468. The third-order valence-electron chi connectivity index (χ3n) is 2.24. The average molecular weight is 274 g/mol. The van der Waals surface area contributed by atoms with Crippen LogP contribution in [0.15, 0.2) is 6.20 Å². The minimum absolute atomic E-state index is 0.0714. The van der Waals surface area contributed by atoms with E-state index in [2.05, 4.69) is 15.3 Å². The first-order chi connectivity index (χ1) is 8.45. The van der Waals surface area contributed by atoms with Crippen molar-refractivity contribution in [2.24, 2.45) is 0 Å². The summed E-state index contributed by atoms with van der Waals surface area (Å²) in [6, 6.07) is 0. The molecule has 1 N–H and O–H groups in total. The molecule has 0 aliphatic heterocycles. The SMILES string of the molecule is CCN(C)C(=O)CNc1nc(Cl)ncc1[N+](=O)[O-]. The first kappa shape index (κ1) is 14.1. The Morgan fingerprint density at radius 1 is 1.67 bits per heavy atom. The molecule has 0 aromatic carbocycles. The van der Waals surface area contributed by atoms with Crippen molar-refractivity contribution >= 4 is 29.0 Å². The number of carbonyl (C=O) groups excluding carboxylic acids is 1. The van der Waals surface area contributed by atoms with Crippen LogP contribution in [0, 0.1) is 10.1 Å². The summed E-state index contributed by atoms with van der Waals surface area (Å²) >= 11 is 5.55. The van der Waals surface area contributed by atoms with Gasteiger partial charge in [0.25, 0.3) is 0 Å². The summed E-state index contributed by atoms with van der Waals surface area (Å²) in [5, 5.41) is 13.2. The Kier molecular flexibility index (Phi) is 4.78. The smallest absolute Gasteiger partial charge is 0.329 e. The van der Waals surface area contributed by atoms with Crippen LogP contribution >= 0.6 is 11.6 Å². The molecule has 1 heterocycles. The van der Waals surface area contributed by atoms with E-state index in [9.17, 15) is 14.9 Å². The van der Waals surface area contributed by atoms with Crippen molar-refractivity contribution in [2.45, 2.75) is 6.92 Å². The molecule has 0 atom stereocenters. The second-order valence-electron chi connectivity index (χ2n) is 3.39. The molecule has 1 aromatic rings. The molecular weight excluding hydrogens is 262 g/mol. The van der Waals surface area contributed by atoms with Crippen molar-refractivity contribution in [3.63, 3.8) is 0 Å². The van der Waals surface area contributed by atoms with Gasteiger partial charge < -0.3 is 10.2 Å². The third-order valence-corrected chi connectivity index (χ3v) is 2.43. The van der Waals surface area contributed by atoms with Gasteiger partial charge in [0.05, 0.1) is 11.5 Å². The molecule has 0 aliphatic carbocycles. The normalized spacial score (nSPS) is 9.94. The van der Waals surface area contributed by atoms with Gasteiger partial charge in [0.1, 0.15) is 6.20 Å². The van der Waals surface area contributed by atoms with Crippen molar-refractivity contribution in [2.75, 3.05) is 25.5 Å². The van der Waals surface area contributed by atoms with E-state index >= 15 is 0 Å². The van der Waals surface area contributed by atoms with Gasteiger partial charge in [0.15, 0.2) is 0 Å². The molecule has 1 amide bonds. The maximum Gasteiger partial charge on any atom is 0.329 e. The van der Waals surface area contributed by atoms with Crippen LogP contribution < -0.4 is 5.32 Å². The van der Waals surface area contributed by atoms with E-state index in [0.717, 1.165) is 6.20 Å². The number of nitro groups is 1. The zero-order valence-electron chi connectivity index (χ0n) is 9.88. The van der Waals surface area contributed by atoms with E-state index in [1.807, 2.05) is 6.92 Å². The van der Waals surface area contributed by atoms with Gasteiger partial charge in [0, 0.05) is 13.6 Å². The molecule has 18 heavy (non-hydrogen) atoms. The number of nitrogens with one attached hydrogen (secondary N) is 1. The van der Waals surface area contributed by atoms with Crippen LogP contribution in [0.1, 0.15) is 6.92 Å². The number of hydrogen-bond acceptors (Lipinski definition) is 6. The maximum atomic E-state index is 11.5. The van der Waals surface area contributed by atoms with Crippen LogP contribution in [0.2, 0.25) is 5.28 Å². The van der Waals surface area contributed by atoms with E-state index < -0.39 is 4.92 Å². The summed E-state index contributed by atoms with van der Waals surface area (Å²) in [5.74, 6) is -0.278. The van der Waals surface area contributed by atoms with E-state index in [1.165, 1.54) is 4.90 Å². The highest BCUT2D eigenvalue weighted by Crippen LogP contribution is 2.21. The predicted octanol–water partition coefficient (Wildman–Crippen LogP) is 0.928. The summed E-state index contributed by atoms with van der Waals surface area (Å²) in [6.07, 6.45) is 0.992. The Morgan fingerprint density at radius 2 is 2.33 bits per heavy atom. The van der Waals surface area contributed by atoms with Crippen molar-refractivity contribution < 1.29 is 9.72 Å². The summed E-state index contributed by atoms with van der Waals surface area (Å²) in [5.41, 5.74) is -0.327. The molecule has 0 bridgehead atoms. The van der Waals surface area contributed by atoms with Gasteiger partial charge in [-0.3, -0.25) is 14.9 Å². The fourth-order valence-corrected chi connectivity index (χ4v) is 1.22. The fourth-order valence-electron chi connectivity index (χ4n) is 1.09. The number of amides is 1. The highest BCUT2D eigenvalue weighted by Gasteiger charge is 2.18. The Labute approximate surface area is 108 Å². The van der Waals surface area contributed by atoms with Crippen LogP contribution in [0.25, 0.3) is 0 Å². The number of rotatable bonds is 5. The lowest BCUT2D eigenvalue weighted by Crippen LogP contribution is -2.32. The lowest BCUT2D eigenvalue weighted by molar-refractivity contribution is -0.384. The molecule has 0 aliphatic rings. The number of hydrogen-bond donors (Lipinski definition) is 1. The monoisotopic (exact) mass is 273 g/mol. The van der Waals surface area contributed by atoms with Gasteiger partial charge in [-0.1, -0.05) is 0 Å². The van der Waals surface area contributed by atoms with Crippen LogP contribution in [-0.2, 0) is 4.79 Å². The molecule has 8 nitrogen and oxygen atoms in total. The largest absolute Gasteiger partial charge is 0.355 e. The summed E-state index contributed by atoms with van der Waals surface area (Å²) in [6.45, 7) is 2.27. The molecule has 1 rings (SSSR count). The number of aromatic nitrogens is 2. The highest BCUT2D eigenvalue weighted by atomic mass is 35.5. The summed E-state index contributed by atoms with van der Waals surface area (Å²) in [4.78, 5) is 30.3. The van der Waals surface area contributed by atoms with E-state index in [0.29, 0.717) is 6.54 Å². The van der Waals surface area contributed by atoms with Crippen LogP contribution in [0.5, 0.6) is 0 Å². The molecule has 0 saturated heterocycles. The van der Waals surface area contributed by atoms with Gasteiger partial charge in [-0.15, -0.1) is 0 Å². The van der Waals surface area contributed by atoms with Crippen molar-refractivity contribution in [3.05, 3.63) is 21.6 Å². The summed E-state index contributed by atoms with van der Waals surface area (Å²) < 4.78 is 0. The first-order valence-electron chi connectivity index (χ1n) is 5.10. The summed E-state index contributed by atoms with van der Waals surface area (Å²) in [7, 11) is 1.63. The minimum Gasteiger partial charge on any atom is -0.355 e. The number of halogens is 1. The second-order valence-corrected chi connectivity index (χ2v) is 3.73. The molecule has 0 spiro atoms. The molecule has 1 aromatic heterocycles. The Hall–Kier alpha value is -1.96. The molecule has 0 radical (unpaired) electrons. The fraction of sp³-hybridized carbons (Fsp3) is 0.444. The predicted molar refractivity (Wildman–Crippen MR) is 65.5 cm³/mol. The Morgan fingerprint density at radius 3 is 2.89 bits per heavy atom. The molecular formula is C9H12ClN5O3. The number of likely N-dealkylation sites (N-methyl/N-ethyl adjacent to an activating group) is 1. The van der Waals surface area contributed by atoms with Crippen molar-refractivity contribution in [3.8, 4) is 0 Å². The topological polar surface area (TPSA) is 101 Å². The van der Waals surface area contributed by atoms with Gasteiger partial charge in [0.2, 0.25) is 17.0 Å². The van der Waals surface area contributed by atoms with Crippen molar-refractivity contribution in [1.82, 2.24) is 14.9 Å². The molecule has 0 unspecified atom stereocenters. The van der Waals surface area contributed by atoms with Crippen LogP contribution in [-0.4, -0.2) is 45.8 Å². The first-order valence-corrected chi connectivity index (χ1v) is 5.48. The maximum absolute atomic E-state index is 11.5. The number of carbonyl (C=O) groups is 1. The highest BCUT2D eigenvalue weighted by molar-refractivity contribution is 6.28. The molecule has 0 fully saturated rings. The standard InChI is InChI=1S/C9H12ClN5O3/c1-3-14(2)7(16)5-11-8-6(15(17)18)4-12-9(10)13-8/h4H,3,5H2,1-2H3,(H,11,12,13). The van der Waals surface area contributed by atoms with Gasteiger partial charge in [-0.2, -0.15) is 4.98 Å². The third kappa shape index (κ3) is 3.52.